The number of rotatable bonds is 3. The van der Waals surface area contributed by atoms with Crippen molar-refractivity contribution in [3.8, 4) is 12.1 Å². The normalized spacial score (nSPS) is 28.5. The van der Waals surface area contributed by atoms with Crippen LogP contribution in [-0.2, 0) is 16.5 Å². The van der Waals surface area contributed by atoms with E-state index in [1.165, 1.54) is 12.1 Å². The summed E-state index contributed by atoms with van der Waals surface area (Å²) in [4.78, 5) is 0. The van der Waals surface area contributed by atoms with E-state index in [0.717, 1.165) is 12.5 Å². The van der Waals surface area contributed by atoms with Crippen molar-refractivity contribution in [3.63, 3.8) is 0 Å². The van der Waals surface area contributed by atoms with Crippen molar-refractivity contribution in [2.24, 2.45) is 0 Å². The number of aliphatic hydroxyl groups is 1. The molecule has 0 aromatic carbocycles. The van der Waals surface area contributed by atoms with E-state index in [1.54, 1.807) is 0 Å². The van der Waals surface area contributed by atoms with Crippen molar-refractivity contribution >= 4 is 38.6 Å². The molecule has 0 saturated carbocycles. The van der Waals surface area contributed by atoms with Gasteiger partial charge in [0, 0.05) is 6.61 Å². The van der Waals surface area contributed by atoms with Crippen molar-refractivity contribution in [2.45, 2.75) is 19.0 Å². The van der Waals surface area contributed by atoms with Gasteiger partial charge in [0.2, 0.25) is 0 Å². The summed E-state index contributed by atoms with van der Waals surface area (Å²) in [5.41, 5.74) is 0. The molecule has 1 heterocycles. The highest BCUT2D eigenvalue weighted by molar-refractivity contribution is 6.74. The molecule has 11 heteroatoms. The zero-order valence-corrected chi connectivity index (χ0v) is 15.0. The van der Waals surface area contributed by atoms with E-state index in [2.05, 4.69) is 0 Å². The number of nitriles is 2. The molecule has 0 aromatic heterocycles. The molecular weight excluding hydrogens is 292 g/mol. The predicted octanol–water partition coefficient (Wildman–Crippen LogP) is -2.45. The van der Waals surface area contributed by atoms with E-state index in [-0.39, 0.29) is 6.61 Å². The highest BCUT2D eigenvalue weighted by Crippen LogP contribution is 2.15. The molecule has 0 spiro atoms. The smallest absolute Gasteiger partial charge is 0.316 e. The Bertz CT molecular complexity index is 255. The lowest BCUT2D eigenvalue weighted by atomic mass is 10.5. The third-order valence-electron chi connectivity index (χ3n) is 1.90. The lowest BCUT2D eigenvalue weighted by Gasteiger charge is -2.29. The quantitative estimate of drug-likeness (QED) is 0.577. The second-order valence-electron chi connectivity index (χ2n) is 3.24. The first-order valence-electron chi connectivity index (χ1n) is 5.01. The van der Waals surface area contributed by atoms with E-state index >= 15 is 0 Å². The maximum absolute atomic E-state index is 8.72. The van der Waals surface area contributed by atoms with Crippen LogP contribution in [0.3, 0.4) is 0 Å². The average molecular weight is 309 g/mol. The molecule has 1 fully saturated rings. The molecule has 1 N–H and O–H groups in total. The van der Waals surface area contributed by atoms with Crippen LogP contribution in [0.5, 0.6) is 0 Å². The third-order valence-corrected chi connectivity index (χ3v) is 11.7. The Kier molecular flexibility index (Phi) is 10.6. The summed E-state index contributed by atoms with van der Waals surface area (Å²) in [7, 11) is -4.51. The van der Waals surface area contributed by atoms with Gasteiger partial charge in [-0.25, -0.2) is 0 Å². The fourth-order valence-corrected chi connectivity index (χ4v) is 10.3. The summed E-state index contributed by atoms with van der Waals surface area (Å²) in [5, 5.41) is 23.2. The van der Waals surface area contributed by atoms with Gasteiger partial charge in [-0.2, -0.15) is 10.5 Å². The maximum Gasteiger partial charge on any atom is 0.316 e. The maximum atomic E-state index is 8.72. The number of aliphatic hydroxyl groups excluding tert-OH is 1. The first kappa shape index (κ1) is 16.6. The summed E-state index contributed by atoms with van der Waals surface area (Å²) >= 11 is 0. The molecule has 0 aliphatic carbocycles. The third kappa shape index (κ3) is 9.36. The van der Waals surface area contributed by atoms with Crippen LogP contribution >= 0.6 is 0 Å². The van der Waals surface area contributed by atoms with Crippen LogP contribution in [0, 0.1) is 22.7 Å². The fourth-order valence-electron chi connectivity index (χ4n) is 1.05. The van der Waals surface area contributed by atoms with Crippen LogP contribution < -0.4 is 0 Å². The first-order chi connectivity index (χ1) is 8.18. The molecule has 1 aliphatic rings. The summed E-state index contributed by atoms with van der Waals surface area (Å²) in [6.45, 7) is 2.23. The summed E-state index contributed by atoms with van der Waals surface area (Å²) < 4.78 is 22.0. The summed E-state index contributed by atoms with van der Waals surface area (Å²) in [5.74, 6) is 0. The van der Waals surface area contributed by atoms with Crippen LogP contribution in [0.15, 0.2) is 0 Å². The second-order valence-corrected chi connectivity index (χ2v) is 12.3. The molecule has 0 unspecified atom stereocenters. The Hall–Kier alpha value is -0.352. The molecule has 0 aromatic rings. The molecule has 0 bridgehead atoms. The van der Waals surface area contributed by atoms with Crippen molar-refractivity contribution in [1.29, 1.82) is 10.5 Å². The fraction of sp³-hybridized carbons (Fsp3) is 0.667. The molecule has 7 nitrogen and oxygen atoms in total. The molecule has 96 valence electrons. The van der Waals surface area contributed by atoms with E-state index < -0.39 is 38.6 Å². The Balaban J connectivity index is 0.000000557. The zero-order chi connectivity index (χ0) is 13.0. The summed E-state index contributed by atoms with van der Waals surface area (Å²) in [6, 6.07) is 3.32. The summed E-state index contributed by atoms with van der Waals surface area (Å²) in [6.07, 6.45) is 0.753. The van der Waals surface area contributed by atoms with Gasteiger partial charge in [-0.1, -0.05) is 0 Å². The standard InChI is InChI=1S/C4H16O5Si4.C2N2/c1-13(4-2-3-5)8-11-6-10-7-12-9-13;3-1-2-4/h5H,2-4,10-12H2,1H3;. The Morgan fingerprint density at radius 1 is 1.12 bits per heavy atom. The monoisotopic (exact) mass is 308 g/mol. The first-order valence-corrected chi connectivity index (χ1v) is 11.0. The molecule has 17 heavy (non-hydrogen) atoms. The molecule has 0 amide bonds. The number of hydrogen-bond acceptors (Lipinski definition) is 7. The molecular formula is C6H16N2O5Si4. The lowest BCUT2D eigenvalue weighted by Crippen LogP contribution is -2.44. The van der Waals surface area contributed by atoms with Gasteiger partial charge >= 0.3 is 8.56 Å². The van der Waals surface area contributed by atoms with Crippen molar-refractivity contribution in [2.75, 3.05) is 6.61 Å². The van der Waals surface area contributed by atoms with Gasteiger partial charge < -0.3 is 21.6 Å². The molecule has 1 aliphatic heterocycles. The van der Waals surface area contributed by atoms with Gasteiger partial charge in [-0.05, 0) is 19.0 Å². The Morgan fingerprint density at radius 3 is 2.06 bits per heavy atom. The minimum absolute atomic E-state index is 0.203. The van der Waals surface area contributed by atoms with Gasteiger partial charge in [0.25, 0.3) is 30.0 Å². The predicted molar refractivity (Wildman–Crippen MR) is 69.3 cm³/mol. The van der Waals surface area contributed by atoms with Crippen LogP contribution in [0.2, 0.25) is 12.6 Å². The minimum atomic E-state index is -2.00. The highest BCUT2D eigenvalue weighted by Gasteiger charge is 2.31. The number of hydrogen-bond donors (Lipinski definition) is 1. The van der Waals surface area contributed by atoms with E-state index in [9.17, 15) is 0 Å². The molecule has 0 radical (unpaired) electrons. The highest BCUT2D eigenvalue weighted by atomic mass is 28.5. The van der Waals surface area contributed by atoms with Crippen molar-refractivity contribution in [3.05, 3.63) is 0 Å². The van der Waals surface area contributed by atoms with E-state index in [1.807, 2.05) is 6.55 Å². The van der Waals surface area contributed by atoms with Gasteiger partial charge in [0.05, 0.1) is 0 Å². The topological polar surface area (TPSA) is 105 Å². The lowest BCUT2D eigenvalue weighted by molar-refractivity contribution is 0.277. The largest absolute Gasteiger partial charge is 0.425 e. The second kappa shape index (κ2) is 10.8. The van der Waals surface area contributed by atoms with E-state index in [4.69, 9.17) is 32.1 Å². The van der Waals surface area contributed by atoms with Crippen LogP contribution in [0.1, 0.15) is 6.42 Å². The van der Waals surface area contributed by atoms with Crippen LogP contribution in [0.25, 0.3) is 0 Å². The van der Waals surface area contributed by atoms with Gasteiger partial charge in [-0.15, -0.1) is 0 Å². The van der Waals surface area contributed by atoms with Gasteiger partial charge in [0.15, 0.2) is 12.1 Å². The van der Waals surface area contributed by atoms with E-state index in [0.29, 0.717) is 0 Å². The van der Waals surface area contributed by atoms with Gasteiger partial charge in [-0.3, -0.25) is 0 Å². The average Bonchev–Trinajstić information content (AvgIpc) is 2.32. The Morgan fingerprint density at radius 2 is 1.65 bits per heavy atom. The molecule has 0 atom stereocenters. The molecule has 1 saturated heterocycles. The molecule has 1 rings (SSSR count). The Labute approximate surface area is 109 Å². The zero-order valence-electron chi connectivity index (χ0n) is 9.72. The number of nitrogens with zero attached hydrogens (tertiary/aromatic N) is 2. The van der Waals surface area contributed by atoms with Gasteiger partial charge in [0.1, 0.15) is 0 Å². The van der Waals surface area contributed by atoms with Crippen molar-refractivity contribution in [1.82, 2.24) is 0 Å². The van der Waals surface area contributed by atoms with Crippen molar-refractivity contribution < 1.29 is 21.6 Å². The van der Waals surface area contributed by atoms with Crippen LogP contribution in [0.4, 0.5) is 0 Å². The minimum Gasteiger partial charge on any atom is -0.425 e. The SMILES string of the molecule is C[Si]1(CCCO)O[SiH2]O[SiH2]O[SiH2]O1.N#CC#N. The van der Waals surface area contributed by atoms with Crippen LogP contribution in [-0.4, -0.2) is 50.3 Å².